The van der Waals surface area contributed by atoms with Gasteiger partial charge in [-0.2, -0.15) is 10.5 Å². The van der Waals surface area contributed by atoms with Gasteiger partial charge in [-0.25, -0.2) is 0 Å². The molecule has 110 valence electrons. The van der Waals surface area contributed by atoms with Crippen LogP contribution in [0.25, 0.3) is 0 Å². The zero-order valence-electron chi connectivity index (χ0n) is 12.6. The summed E-state index contributed by atoms with van der Waals surface area (Å²) in [7, 11) is 0. The van der Waals surface area contributed by atoms with E-state index in [-0.39, 0.29) is 11.5 Å². The first-order valence-electron chi connectivity index (χ1n) is 7.68. The Kier molecular flexibility index (Phi) is 5.31. The second kappa shape index (κ2) is 7.20. The van der Waals surface area contributed by atoms with Crippen LogP contribution in [0.1, 0.15) is 44.6 Å². The van der Waals surface area contributed by atoms with Crippen LogP contribution >= 0.6 is 0 Å². The van der Waals surface area contributed by atoms with Crippen LogP contribution in [0.15, 0.2) is 24.5 Å². The van der Waals surface area contributed by atoms with Gasteiger partial charge in [0.15, 0.2) is 0 Å². The van der Waals surface area contributed by atoms with E-state index >= 15 is 0 Å². The molecule has 0 N–H and O–H groups in total. The third-order valence-electron chi connectivity index (χ3n) is 4.62. The molecule has 21 heavy (non-hydrogen) atoms. The number of likely N-dealkylation sites (tertiary alicyclic amines) is 1. The number of nitrogens with zero attached hydrogens (tertiary/aromatic N) is 4. The molecule has 0 aromatic carbocycles. The number of hydrogen-bond acceptors (Lipinski definition) is 4. The summed E-state index contributed by atoms with van der Waals surface area (Å²) in [5, 5.41) is 18.5. The Morgan fingerprint density at radius 2 is 2.24 bits per heavy atom. The van der Waals surface area contributed by atoms with Gasteiger partial charge in [0.2, 0.25) is 0 Å². The van der Waals surface area contributed by atoms with Gasteiger partial charge in [-0.1, -0.05) is 18.9 Å². The fraction of sp³-hybridized carbons (Fsp3) is 0.588. The fourth-order valence-corrected chi connectivity index (χ4v) is 3.52. The summed E-state index contributed by atoms with van der Waals surface area (Å²) in [6.45, 7) is 3.66. The molecule has 4 nitrogen and oxygen atoms in total. The van der Waals surface area contributed by atoms with Crippen molar-refractivity contribution in [3.63, 3.8) is 0 Å². The van der Waals surface area contributed by atoms with Gasteiger partial charge in [0.1, 0.15) is 0 Å². The lowest BCUT2D eigenvalue weighted by molar-refractivity contribution is 0.0556. The summed E-state index contributed by atoms with van der Waals surface area (Å²) in [5.74, 6) is -0.126. The maximum absolute atomic E-state index is 9.59. The van der Waals surface area contributed by atoms with Crippen LogP contribution in [-0.4, -0.2) is 23.0 Å². The van der Waals surface area contributed by atoms with E-state index in [0.29, 0.717) is 6.42 Å². The molecule has 0 aliphatic carbocycles. The summed E-state index contributed by atoms with van der Waals surface area (Å²) >= 11 is 0. The lowest BCUT2D eigenvalue weighted by atomic mass is 9.75. The van der Waals surface area contributed by atoms with E-state index in [1.165, 1.54) is 6.42 Å². The number of hydrogen-bond donors (Lipinski definition) is 0. The molecule has 2 rings (SSSR count). The molecule has 1 aromatic rings. The highest BCUT2D eigenvalue weighted by Gasteiger charge is 2.44. The van der Waals surface area contributed by atoms with Crippen LogP contribution in [0.4, 0.5) is 0 Å². The van der Waals surface area contributed by atoms with Gasteiger partial charge < -0.3 is 0 Å². The van der Waals surface area contributed by atoms with Crippen LogP contribution in [0.3, 0.4) is 0 Å². The summed E-state index contributed by atoms with van der Waals surface area (Å²) in [6, 6.07) is 8.71. The topological polar surface area (TPSA) is 63.7 Å². The van der Waals surface area contributed by atoms with Crippen molar-refractivity contribution in [1.82, 2.24) is 9.88 Å². The molecule has 0 spiro atoms. The normalized spacial score (nSPS) is 24.5. The lowest BCUT2D eigenvalue weighted by Gasteiger charge is -2.45. The highest BCUT2D eigenvalue weighted by Crippen LogP contribution is 2.42. The van der Waals surface area contributed by atoms with E-state index in [1.807, 2.05) is 19.2 Å². The fourth-order valence-electron chi connectivity index (χ4n) is 3.52. The van der Waals surface area contributed by atoms with Crippen LogP contribution < -0.4 is 0 Å². The largest absolute Gasteiger partial charge is 0.291 e. The quantitative estimate of drug-likeness (QED) is 0.850. The Hall–Kier alpha value is -1.91. The molecule has 2 atom stereocenters. The molecule has 1 fully saturated rings. The second-order valence-electron chi connectivity index (χ2n) is 5.72. The minimum Gasteiger partial charge on any atom is -0.291 e. The van der Waals surface area contributed by atoms with Crippen LogP contribution in [-0.2, 0) is 5.54 Å². The highest BCUT2D eigenvalue weighted by atomic mass is 15.2. The van der Waals surface area contributed by atoms with Gasteiger partial charge in [0.05, 0.1) is 23.6 Å². The Morgan fingerprint density at radius 3 is 2.90 bits per heavy atom. The van der Waals surface area contributed by atoms with E-state index < -0.39 is 0 Å². The van der Waals surface area contributed by atoms with Crippen molar-refractivity contribution < 1.29 is 0 Å². The number of nitriles is 2. The maximum Gasteiger partial charge on any atom is 0.0676 e. The molecule has 0 radical (unpaired) electrons. The molecule has 1 saturated heterocycles. The molecule has 0 amide bonds. The van der Waals surface area contributed by atoms with Gasteiger partial charge in [0, 0.05) is 25.4 Å². The van der Waals surface area contributed by atoms with Crippen molar-refractivity contribution in [2.24, 2.45) is 5.92 Å². The molecule has 2 unspecified atom stereocenters. The zero-order valence-corrected chi connectivity index (χ0v) is 12.6. The molecule has 0 bridgehead atoms. The van der Waals surface area contributed by atoms with Crippen LogP contribution in [0.2, 0.25) is 0 Å². The molecular formula is C17H22N4. The Bertz CT molecular complexity index is 528. The summed E-state index contributed by atoms with van der Waals surface area (Å²) in [6.07, 6.45) is 8.54. The highest BCUT2D eigenvalue weighted by molar-refractivity contribution is 5.25. The van der Waals surface area contributed by atoms with Gasteiger partial charge in [-0.15, -0.1) is 0 Å². The lowest BCUT2D eigenvalue weighted by Crippen LogP contribution is -2.50. The summed E-state index contributed by atoms with van der Waals surface area (Å²) in [5.41, 5.74) is 0.801. The maximum atomic E-state index is 9.59. The Balaban J connectivity index is 2.48. The van der Waals surface area contributed by atoms with Gasteiger partial charge >= 0.3 is 0 Å². The monoisotopic (exact) mass is 282 g/mol. The Labute approximate surface area is 127 Å². The first-order valence-corrected chi connectivity index (χ1v) is 7.68. The molecule has 0 saturated carbocycles. The molecule has 1 aromatic heterocycles. The molecule has 1 aliphatic heterocycles. The predicted octanol–water partition coefficient (Wildman–Crippen LogP) is 3.23. The molecule has 1 aliphatic rings. The average molecular weight is 282 g/mol. The second-order valence-corrected chi connectivity index (χ2v) is 5.72. The van der Waals surface area contributed by atoms with Crippen LogP contribution in [0, 0.1) is 28.6 Å². The van der Waals surface area contributed by atoms with Gasteiger partial charge in [-0.3, -0.25) is 9.88 Å². The minimum absolute atomic E-state index is 0.126. The first kappa shape index (κ1) is 15.5. The van der Waals surface area contributed by atoms with E-state index in [2.05, 4.69) is 28.1 Å². The van der Waals surface area contributed by atoms with Crippen molar-refractivity contribution >= 4 is 0 Å². The standard InChI is InChI=1S/C17H22N4/c1-15(13-19)17(16-7-5-10-20-14-16)8-3-2-4-11-21(17)12-6-9-18/h5,7,10,14-15H,2-4,6,8,11-12H2,1H3. The first-order chi connectivity index (χ1) is 10.3. The summed E-state index contributed by atoms with van der Waals surface area (Å²) < 4.78 is 0. The molecule has 4 heteroatoms. The van der Waals surface area contributed by atoms with Crippen molar-refractivity contribution in [2.75, 3.05) is 13.1 Å². The number of rotatable bonds is 4. The van der Waals surface area contributed by atoms with Gasteiger partial charge in [-0.05, 0) is 37.9 Å². The third-order valence-corrected chi connectivity index (χ3v) is 4.62. The predicted molar refractivity (Wildman–Crippen MR) is 81.0 cm³/mol. The SMILES string of the molecule is CC(C#N)C1(c2cccnc2)CCCCCN1CCC#N. The number of aromatic nitrogens is 1. The van der Waals surface area contributed by atoms with Crippen molar-refractivity contribution in [2.45, 2.75) is 44.6 Å². The Morgan fingerprint density at radius 1 is 1.38 bits per heavy atom. The molecular weight excluding hydrogens is 260 g/mol. The van der Waals surface area contributed by atoms with Gasteiger partial charge in [0.25, 0.3) is 0 Å². The number of pyridine rings is 1. The van der Waals surface area contributed by atoms with Crippen molar-refractivity contribution in [3.05, 3.63) is 30.1 Å². The van der Waals surface area contributed by atoms with E-state index in [0.717, 1.165) is 37.9 Å². The smallest absolute Gasteiger partial charge is 0.0676 e. The van der Waals surface area contributed by atoms with E-state index in [9.17, 15) is 5.26 Å². The average Bonchev–Trinajstić information content (AvgIpc) is 2.76. The third kappa shape index (κ3) is 3.06. The van der Waals surface area contributed by atoms with Crippen molar-refractivity contribution in [1.29, 1.82) is 10.5 Å². The summed E-state index contributed by atoms with van der Waals surface area (Å²) in [4.78, 5) is 6.62. The van der Waals surface area contributed by atoms with Crippen LogP contribution in [0.5, 0.6) is 0 Å². The van der Waals surface area contributed by atoms with E-state index in [4.69, 9.17) is 5.26 Å². The molecule has 2 heterocycles. The zero-order chi connectivity index (χ0) is 15.1. The van der Waals surface area contributed by atoms with E-state index in [1.54, 1.807) is 6.20 Å². The minimum atomic E-state index is -0.309. The van der Waals surface area contributed by atoms with Crippen molar-refractivity contribution in [3.8, 4) is 12.1 Å².